The van der Waals surface area contributed by atoms with Crippen LogP contribution in [0.25, 0.3) is 0 Å². The van der Waals surface area contributed by atoms with Gasteiger partial charge in [-0.25, -0.2) is 0 Å². The third kappa shape index (κ3) is 2.62. The lowest BCUT2D eigenvalue weighted by Gasteiger charge is -2.23. The summed E-state index contributed by atoms with van der Waals surface area (Å²) in [4.78, 5) is 36.5. The Morgan fingerprint density at radius 3 is 2.75 bits per heavy atom. The third-order valence-electron chi connectivity index (χ3n) is 3.83. The fraction of sp³-hybridized carbons (Fsp3) is 0.250. The second kappa shape index (κ2) is 6.15. The maximum absolute atomic E-state index is 12.8. The van der Waals surface area contributed by atoms with Gasteiger partial charge in [-0.15, -0.1) is 0 Å². The van der Waals surface area contributed by atoms with Crippen LogP contribution in [-0.2, 0) is 11.2 Å². The van der Waals surface area contributed by atoms with Gasteiger partial charge >= 0.3 is 5.88 Å². The molecule has 1 atom stereocenters. The number of para-hydroxylation sites is 1. The summed E-state index contributed by atoms with van der Waals surface area (Å²) >= 11 is 0. The van der Waals surface area contributed by atoms with Crippen LogP contribution in [0, 0.1) is 10.1 Å². The van der Waals surface area contributed by atoms with E-state index in [4.69, 9.17) is 4.42 Å². The van der Waals surface area contributed by atoms with E-state index >= 15 is 0 Å². The van der Waals surface area contributed by atoms with Crippen LogP contribution >= 0.6 is 0 Å². The largest absolute Gasteiger partial charge is 0.433 e. The lowest BCUT2D eigenvalue weighted by Crippen LogP contribution is -2.48. The Labute approximate surface area is 137 Å². The second-order valence-electron chi connectivity index (χ2n) is 5.31. The van der Waals surface area contributed by atoms with E-state index < -0.39 is 22.8 Å². The van der Waals surface area contributed by atoms with E-state index in [-0.39, 0.29) is 11.7 Å². The summed E-state index contributed by atoms with van der Waals surface area (Å²) < 4.78 is 5.00. The Bertz CT molecular complexity index is 814. The second-order valence-corrected chi connectivity index (χ2v) is 5.31. The Morgan fingerprint density at radius 2 is 2.08 bits per heavy atom. The van der Waals surface area contributed by atoms with E-state index in [0.29, 0.717) is 18.7 Å². The zero-order valence-corrected chi connectivity index (χ0v) is 12.9. The first-order valence-electron chi connectivity index (χ1n) is 7.46. The van der Waals surface area contributed by atoms with Crippen LogP contribution in [-0.4, -0.2) is 29.3 Å². The number of fused-ring (bicyclic) bond motifs is 1. The molecule has 1 aromatic heterocycles. The molecule has 0 saturated heterocycles. The normalized spacial score (nSPS) is 15.9. The van der Waals surface area contributed by atoms with Crippen LogP contribution in [0.15, 0.2) is 40.8 Å². The van der Waals surface area contributed by atoms with E-state index in [0.717, 1.165) is 11.6 Å². The fourth-order valence-corrected chi connectivity index (χ4v) is 2.80. The highest BCUT2D eigenvalue weighted by Gasteiger charge is 2.39. The zero-order chi connectivity index (χ0) is 17.3. The molecule has 1 aromatic carbocycles. The first-order chi connectivity index (χ1) is 11.5. The Morgan fingerprint density at radius 1 is 1.33 bits per heavy atom. The summed E-state index contributed by atoms with van der Waals surface area (Å²) in [5.41, 5.74) is 1.47. The van der Waals surface area contributed by atoms with Crippen LogP contribution in [0.5, 0.6) is 0 Å². The van der Waals surface area contributed by atoms with Crippen LogP contribution < -0.4 is 10.2 Å². The number of carbonyl (C=O) groups is 2. The highest BCUT2D eigenvalue weighted by molar-refractivity contribution is 6.10. The van der Waals surface area contributed by atoms with Crippen molar-refractivity contribution in [2.45, 2.75) is 19.4 Å². The lowest BCUT2D eigenvalue weighted by molar-refractivity contribution is -0.402. The van der Waals surface area contributed by atoms with Gasteiger partial charge in [0.15, 0.2) is 5.76 Å². The molecule has 1 unspecified atom stereocenters. The lowest BCUT2D eigenvalue weighted by atomic mass is 10.1. The number of hydrogen-bond acceptors (Lipinski definition) is 5. The number of amides is 2. The molecule has 0 saturated carbocycles. The number of furan rings is 1. The average Bonchev–Trinajstić information content (AvgIpc) is 3.19. The van der Waals surface area contributed by atoms with Gasteiger partial charge in [-0.2, -0.15) is 0 Å². The van der Waals surface area contributed by atoms with Crippen LogP contribution in [0.1, 0.15) is 23.0 Å². The van der Waals surface area contributed by atoms with Crippen molar-refractivity contribution in [1.29, 1.82) is 0 Å². The Balaban J connectivity index is 1.98. The van der Waals surface area contributed by atoms with Gasteiger partial charge in [0.2, 0.25) is 5.91 Å². The Kier molecular flexibility index (Phi) is 4.03. The summed E-state index contributed by atoms with van der Waals surface area (Å²) in [7, 11) is 0. The quantitative estimate of drug-likeness (QED) is 0.681. The first kappa shape index (κ1) is 15.7. The molecule has 0 aliphatic carbocycles. The number of nitrogens with zero attached hydrogens (tertiary/aromatic N) is 2. The van der Waals surface area contributed by atoms with Crippen LogP contribution in [0.3, 0.4) is 0 Å². The number of nitrogens with one attached hydrogen (secondary N) is 1. The summed E-state index contributed by atoms with van der Waals surface area (Å²) in [5.74, 6) is -1.54. The zero-order valence-electron chi connectivity index (χ0n) is 12.9. The molecule has 1 aliphatic rings. The van der Waals surface area contributed by atoms with E-state index in [1.807, 2.05) is 12.1 Å². The molecule has 1 aliphatic heterocycles. The number of rotatable bonds is 4. The molecule has 8 heteroatoms. The van der Waals surface area contributed by atoms with Gasteiger partial charge in [0, 0.05) is 18.7 Å². The number of nitro groups is 1. The van der Waals surface area contributed by atoms with E-state index in [1.165, 1.54) is 11.0 Å². The maximum Gasteiger partial charge on any atom is 0.433 e. The highest BCUT2D eigenvalue weighted by atomic mass is 16.6. The minimum atomic E-state index is -0.712. The van der Waals surface area contributed by atoms with Crippen molar-refractivity contribution in [2.75, 3.05) is 11.4 Å². The molecular weight excluding hydrogens is 314 g/mol. The molecule has 3 rings (SSSR count). The monoisotopic (exact) mass is 329 g/mol. The van der Waals surface area contributed by atoms with Crippen molar-refractivity contribution in [3.63, 3.8) is 0 Å². The van der Waals surface area contributed by atoms with Gasteiger partial charge in [-0.3, -0.25) is 24.6 Å². The number of likely N-dealkylation sites (N-methyl/N-ethyl adjacent to an activating group) is 1. The smallest absolute Gasteiger partial charge is 0.395 e. The van der Waals surface area contributed by atoms with Gasteiger partial charge < -0.3 is 9.73 Å². The van der Waals surface area contributed by atoms with Crippen molar-refractivity contribution in [3.8, 4) is 0 Å². The van der Waals surface area contributed by atoms with Gasteiger partial charge in [0.25, 0.3) is 5.91 Å². The molecule has 2 heterocycles. The summed E-state index contributed by atoms with van der Waals surface area (Å²) in [6.07, 6.45) is 0.385. The molecule has 1 N–H and O–H groups in total. The first-order valence-corrected chi connectivity index (χ1v) is 7.46. The molecule has 0 spiro atoms. The van der Waals surface area contributed by atoms with E-state index in [2.05, 4.69) is 5.32 Å². The molecule has 0 fully saturated rings. The predicted molar refractivity (Wildman–Crippen MR) is 84.8 cm³/mol. The molecule has 8 nitrogen and oxygen atoms in total. The van der Waals surface area contributed by atoms with Gasteiger partial charge in [0.05, 0.1) is 6.07 Å². The summed E-state index contributed by atoms with van der Waals surface area (Å²) in [6.45, 7) is 2.24. The molecule has 124 valence electrons. The van der Waals surface area contributed by atoms with Crippen LogP contribution in [0.2, 0.25) is 0 Å². The van der Waals surface area contributed by atoms with Crippen molar-refractivity contribution in [1.82, 2.24) is 5.32 Å². The molecular formula is C16H15N3O5. The average molecular weight is 329 g/mol. The number of anilines is 1. The predicted octanol–water partition coefficient (Wildman–Crippen LogP) is 1.90. The molecule has 0 bridgehead atoms. The van der Waals surface area contributed by atoms with Gasteiger partial charge in [0.1, 0.15) is 11.0 Å². The summed E-state index contributed by atoms with van der Waals surface area (Å²) in [5, 5.41) is 13.4. The molecule has 2 aromatic rings. The number of benzene rings is 1. The maximum atomic E-state index is 12.8. The van der Waals surface area contributed by atoms with Crippen LogP contribution in [0.4, 0.5) is 11.6 Å². The van der Waals surface area contributed by atoms with Crippen molar-refractivity contribution >= 4 is 23.4 Å². The van der Waals surface area contributed by atoms with Gasteiger partial charge in [-0.05, 0) is 24.6 Å². The van der Waals surface area contributed by atoms with Crippen molar-refractivity contribution < 1.29 is 18.9 Å². The molecule has 24 heavy (non-hydrogen) atoms. The molecule has 2 amide bonds. The Hall–Kier alpha value is -3.16. The highest BCUT2D eigenvalue weighted by Crippen LogP contribution is 2.34. The van der Waals surface area contributed by atoms with Crippen molar-refractivity contribution in [2.24, 2.45) is 0 Å². The standard InChI is InChI=1S/C16H15N3O5/c1-2-17-15(20)12-9-10-5-3-4-6-11(10)18(12)16(21)13-7-8-14(24-13)19(22)23/h3-8,12H,2,9H2,1H3,(H,17,20). The minimum absolute atomic E-state index is 0.173. The SMILES string of the molecule is CCNC(=O)C1Cc2ccccc2N1C(=O)c1ccc([N+](=O)[O-])o1. The van der Waals surface area contributed by atoms with Gasteiger partial charge in [-0.1, -0.05) is 18.2 Å². The minimum Gasteiger partial charge on any atom is -0.395 e. The van der Waals surface area contributed by atoms with E-state index in [1.54, 1.807) is 19.1 Å². The number of hydrogen-bond donors (Lipinski definition) is 1. The fourth-order valence-electron chi connectivity index (χ4n) is 2.80. The number of carbonyl (C=O) groups excluding carboxylic acids is 2. The topological polar surface area (TPSA) is 106 Å². The third-order valence-corrected chi connectivity index (χ3v) is 3.83. The van der Waals surface area contributed by atoms with E-state index in [9.17, 15) is 19.7 Å². The van der Waals surface area contributed by atoms with Crippen molar-refractivity contribution in [3.05, 3.63) is 57.8 Å². The molecule has 0 radical (unpaired) electrons. The summed E-state index contributed by atoms with van der Waals surface area (Å²) in [6, 6.07) is 8.85.